The molecule has 14 heavy (non-hydrogen) atoms. The number of carboxylic acid groups (broad SMARTS) is 1. The van der Waals surface area contributed by atoms with Crippen LogP contribution in [0.2, 0.25) is 0 Å². The SMILES string of the molecule is COC(=O)c1cc(C(=O)O)nc(N)n1. The van der Waals surface area contributed by atoms with Gasteiger partial charge in [-0.1, -0.05) is 0 Å². The fourth-order valence-electron chi connectivity index (χ4n) is 0.785. The third kappa shape index (κ3) is 1.94. The van der Waals surface area contributed by atoms with Gasteiger partial charge in [0, 0.05) is 6.07 Å². The van der Waals surface area contributed by atoms with Crippen molar-refractivity contribution in [1.29, 1.82) is 0 Å². The van der Waals surface area contributed by atoms with Crippen LogP contribution in [0.1, 0.15) is 21.0 Å². The molecule has 0 saturated carbocycles. The molecule has 0 aliphatic heterocycles. The molecule has 0 radical (unpaired) electrons. The zero-order valence-corrected chi connectivity index (χ0v) is 7.22. The average Bonchev–Trinajstić information content (AvgIpc) is 2.15. The molecule has 3 N–H and O–H groups in total. The maximum Gasteiger partial charge on any atom is 0.356 e. The number of aromatic nitrogens is 2. The van der Waals surface area contributed by atoms with Crippen molar-refractivity contribution in [2.75, 3.05) is 12.8 Å². The van der Waals surface area contributed by atoms with Crippen LogP contribution in [0.3, 0.4) is 0 Å². The predicted molar refractivity (Wildman–Crippen MR) is 44.7 cm³/mol. The molecule has 0 saturated heterocycles. The van der Waals surface area contributed by atoms with E-state index in [9.17, 15) is 9.59 Å². The number of carbonyl (C=O) groups is 2. The number of nitrogens with two attached hydrogens (primary N) is 1. The van der Waals surface area contributed by atoms with E-state index in [1.54, 1.807) is 0 Å². The number of hydrogen-bond donors (Lipinski definition) is 2. The lowest BCUT2D eigenvalue weighted by Gasteiger charge is -2.00. The van der Waals surface area contributed by atoms with E-state index in [-0.39, 0.29) is 17.3 Å². The van der Waals surface area contributed by atoms with Gasteiger partial charge in [0.25, 0.3) is 0 Å². The first kappa shape index (κ1) is 9.90. The lowest BCUT2D eigenvalue weighted by atomic mass is 10.3. The van der Waals surface area contributed by atoms with Crippen LogP contribution < -0.4 is 5.73 Å². The van der Waals surface area contributed by atoms with Crippen molar-refractivity contribution in [2.45, 2.75) is 0 Å². The van der Waals surface area contributed by atoms with Crippen LogP contribution in [0.25, 0.3) is 0 Å². The number of nitrogens with zero attached hydrogens (tertiary/aromatic N) is 2. The summed E-state index contributed by atoms with van der Waals surface area (Å²) in [6, 6.07) is 0.991. The standard InChI is InChI=1S/C7H7N3O4/c1-14-6(13)4-2-3(5(11)12)9-7(8)10-4/h2H,1H3,(H,11,12)(H2,8,9,10). The minimum atomic E-state index is -1.29. The second kappa shape index (κ2) is 3.69. The van der Waals surface area contributed by atoms with Gasteiger partial charge in [-0.15, -0.1) is 0 Å². The Hall–Kier alpha value is -2.18. The summed E-state index contributed by atoms with van der Waals surface area (Å²) < 4.78 is 4.35. The second-order valence-corrected chi connectivity index (χ2v) is 2.29. The van der Waals surface area contributed by atoms with Gasteiger partial charge in [-0.2, -0.15) is 0 Å². The van der Waals surface area contributed by atoms with Crippen molar-refractivity contribution in [3.8, 4) is 0 Å². The van der Waals surface area contributed by atoms with Gasteiger partial charge in [0.05, 0.1) is 7.11 Å². The van der Waals surface area contributed by atoms with Crippen molar-refractivity contribution < 1.29 is 19.4 Å². The van der Waals surface area contributed by atoms with E-state index in [1.807, 2.05) is 0 Å². The van der Waals surface area contributed by atoms with Crippen molar-refractivity contribution in [3.05, 3.63) is 17.5 Å². The first-order chi connectivity index (χ1) is 6.54. The topological polar surface area (TPSA) is 115 Å². The maximum atomic E-state index is 11.0. The van der Waals surface area contributed by atoms with Gasteiger partial charge < -0.3 is 15.6 Å². The number of ether oxygens (including phenoxy) is 1. The second-order valence-electron chi connectivity index (χ2n) is 2.29. The highest BCUT2D eigenvalue weighted by atomic mass is 16.5. The van der Waals surface area contributed by atoms with Gasteiger partial charge in [0.2, 0.25) is 5.95 Å². The smallest absolute Gasteiger partial charge is 0.356 e. The number of aromatic carboxylic acids is 1. The minimum Gasteiger partial charge on any atom is -0.477 e. The van der Waals surface area contributed by atoms with Crippen LogP contribution in [-0.2, 0) is 4.74 Å². The Bertz CT molecular complexity index is 391. The largest absolute Gasteiger partial charge is 0.477 e. The Morgan fingerprint density at radius 2 is 2.00 bits per heavy atom. The molecule has 0 unspecified atom stereocenters. The van der Waals surface area contributed by atoms with Crippen molar-refractivity contribution in [2.24, 2.45) is 0 Å². The Morgan fingerprint density at radius 1 is 1.43 bits per heavy atom. The first-order valence-electron chi connectivity index (χ1n) is 3.50. The summed E-state index contributed by atoms with van der Waals surface area (Å²) >= 11 is 0. The zero-order valence-electron chi connectivity index (χ0n) is 7.22. The van der Waals surface area contributed by atoms with E-state index in [0.717, 1.165) is 13.2 Å². The molecule has 1 heterocycles. The fraction of sp³-hybridized carbons (Fsp3) is 0.143. The van der Waals surface area contributed by atoms with Crippen LogP contribution in [0.5, 0.6) is 0 Å². The third-order valence-corrected chi connectivity index (χ3v) is 1.36. The predicted octanol–water partition coefficient (Wildman–Crippen LogP) is -0.456. The molecule has 1 aromatic rings. The van der Waals surface area contributed by atoms with E-state index in [1.165, 1.54) is 0 Å². The molecular weight excluding hydrogens is 190 g/mol. The zero-order chi connectivity index (χ0) is 10.7. The summed E-state index contributed by atoms with van der Waals surface area (Å²) in [7, 11) is 1.15. The van der Waals surface area contributed by atoms with Gasteiger partial charge >= 0.3 is 11.9 Å². The number of carbonyl (C=O) groups excluding carboxylic acids is 1. The summed E-state index contributed by atoms with van der Waals surface area (Å²) in [6.45, 7) is 0. The first-order valence-corrected chi connectivity index (χ1v) is 3.50. The Morgan fingerprint density at radius 3 is 2.50 bits per heavy atom. The van der Waals surface area contributed by atoms with Gasteiger partial charge in [0.1, 0.15) is 0 Å². The average molecular weight is 197 g/mol. The van der Waals surface area contributed by atoms with Crippen LogP contribution in [0, 0.1) is 0 Å². The number of rotatable bonds is 2. The molecule has 0 aliphatic rings. The van der Waals surface area contributed by atoms with E-state index >= 15 is 0 Å². The molecule has 0 amide bonds. The molecule has 7 heteroatoms. The molecule has 74 valence electrons. The van der Waals surface area contributed by atoms with Gasteiger partial charge in [-0.3, -0.25) is 0 Å². The monoisotopic (exact) mass is 197 g/mol. The lowest BCUT2D eigenvalue weighted by molar-refractivity contribution is 0.0594. The molecule has 0 bridgehead atoms. The highest BCUT2D eigenvalue weighted by Crippen LogP contribution is 2.04. The van der Waals surface area contributed by atoms with Crippen LogP contribution in [0.4, 0.5) is 5.95 Å². The number of methoxy groups -OCH3 is 1. The van der Waals surface area contributed by atoms with E-state index in [2.05, 4.69) is 14.7 Å². The molecular formula is C7H7N3O4. The molecule has 0 spiro atoms. The molecule has 0 aromatic carbocycles. The van der Waals surface area contributed by atoms with Crippen LogP contribution >= 0.6 is 0 Å². The van der Waals surface area contributed by atoms with E-state index in [4.69, 9.17) is 10.8 Å². The maximum absolute atomic E-state index is 11.0. The molecule has 0 atom stereocenters. The van der Waals surface area contributed by atoms with Gasteiger partial charge in [-0.25, -0.2) is 19.6 Å². The van der Waals surface area contributed by atoms with Gasteiger partial charge in [0.15, 0.2) is 11.4 Å². The van der Waals surface area contributed by atoms with E-state index < -0.39 is 11.9 Å². The third-order valence-electron chi connectivity index (χ3n) is 1.36. The summed E-state index contributed by atoms with van der Waals surface area (Å²) in [6.07, 6.45) is 0. The molecule has 1 rings (SSSR count). The Balaban J connectivity index is 3.20. The number of nitrogen functional groups attached to an aromatic ring is 1. The summed E-state index contributed by atoms with van der Waals surface area (Å²) in [5, 5.41) is 8.59. The molecule has 7 nitrogen and oxygen atoms in total. The minimum absolute atomic E-state index is 0.183. The fourth-order valence-corrected chi connectivity index (χ4v) is 0.785. The highest BCUT2D eigenvalue weighted by molar-refractivity contribution is 5.92. The van der Waals surface area contributed by atoms with Crippen LogP contribution in [-0.4, -0.2) is 34.1 Å². The quantitative estimate of drug-likeness (QED) is 0.616. The number of anilines is 1. The molecule has 0 fully saturated rings. The summed E-state index contributed by atoms with van der Waals surface area (Å²) in [5.74, 6) is -2.34. The van der Waals surface area contributed by atoms with Gasteiger partial charge in [-0.05, 0) is 0 Å². The summed E-state index contributed by atoms with van der Waals surface area (Å²) in [4.78, 5) is 28.4. The van der Waals surface area contributed by atoms with E-state index in [0.29, 0.717) is 0 Å². The highest BCUT2D eigenvalue weighted by Gasteiger charge is 2.14. The van der Waals surface area contributed by atoms with Crippen molar-refractivity contribution in [1.82, 2.24) is 9.97 Å². The number of hydrogen-bond acceptors (Lipinski definition) is 6. The summed E-state index contributed by atoms with van der Waals surface area (Å²) in [5.41, 5.74) is 4.66. The normalized spacial score (nSPS) is 9.50. The van der Waals surface area contributed by atoms with Crippen LogP contribution in [0.15, 0.2) is 6.07 Å². The number of esters is 1. The molecule has 1 aromatic heterocycles. The molecule has 0 aliphatic carbocycles. The lowest BCUT2D eigenvalue weighted by Crippen LogP contribution is -2.12. The van der Waals surface area contributed by atoms with Crippen molar-refractivity contribution >= 4 is 17.9 Å². The number of carboxylic acids is 1. The Kier molecular flexibility index (Phi) is 2.61. The Labute approximate surface area is 78.5 Å². The van der Waals surface area contributed by atoms with Crippen molar-refractivity contribution in [3.63, 3.8) is 0 Å².